The third-order valence-electron chi connectivity index (χ3n) is 2.58. The minimum Gasteiger partial charge on any atom is -0.192 e. The molecule has 0 amide bonds. The Labute approximate surface area is 110 Å². The van der Waals surface area contributed by atoms with Crippen LogP contribution in [0.2, 0.25) is 0 Å². The first-order valence-corrected chi connectivity index (χ1v) is 6.17. The van der Waals surface area contributed by atoms with Crippen LogP contribution in [0.3, 0.4) is 0 Å². The van der Waals surface area contributed by atoms with Gasteiger partial charge in [0.2, 0.25) is 0 Å². The molecule has 17 heavy (non-hydrogen) atoms. The third kappa shape index (κ3) is 2.75. The molecule has 0 bridgehead atoms. The number of halogens is 1. The Morgan fingerprint density at radius 2 is 1.47 bits per heavy atom. The van der Waals surface area contributed by atoms with Gasteiger partial charge in [0.1, 0.15) is 0 Å². The standard InChI is InChI=1S/C15H12BrN/c1-10-3-11(2)5-13(4-10)14-6-12(9-17)7-15(16)8-14/h3-8H,1-2H3. The van der Waals surface area contributed by atoms with E-state index in [4.69, 9.17) is 5.26 Å². The zero-order valence-corrected chi connectivity index (χ0v) is 11.4. The summed E-state index contributed by atoms with van der Waals surface area (Å²) in [5, 5.41) is 8.97. The first kappa shape index (κ1) is 11.9. The number of aryl methyl sites for hydroxylation is 2. The van der Waals surface area contributed by atoms with Crippen molar-refractivity contribution in [2.75, 3.05) is 0 Å². The van der Waals surface area contributed by atoms with Gasteiger partial charge in [-0.2, -0.15) is 5.26 Å². The van der Waals surface area contributed by atoms with E-state index in [1.165, 1.54) is 11.1 Å². The topological polar surface area (TPSA) is 23.8 Å². The SMILES string of the molecule is Cc1cc(C)cc(-c2cc(Br)cc(C#N)c2)c1. The highest BCUT2D eigenvalue weighted by Gasteiger charge is 2.03. The van der Waals surface area contributed by atoms with Crippen LogP contribution in [0.15, 0.2) is 40.9 Å². The Kier molecular flexibility index (Phi) is 3.31. The van der Waals surface area contributed by atoms with Crippen LogP contribution in [-0.2, 0) is 0 Å². The van der Waals surface area contributed by atoms with Crippen LogP contribution >= 0.6 is 15.9 Å². The molecule has 2 aromatic carbocycles. The highest BCUT2D eigenvalue weighted by Crippen LogP contribution is 2.26. The van der Waals surface area contributed by atoms with Gasteiger partial charge in [0.15, 0.2) is 0 Å². The fourth-order valence-corrected chi connectivity index (χ4v) is 2.46. The van der Waals surface area contributed by atoms with Crippen LogP contribution in [0, 0.1) is 25.2 Å². The maximum Gasteiger partial charge on any atom is 0.0992 e. The molecule has 0 saturated carbocycles. The number of rotatable bonds is 1. The largest absolute Gasteiger partial charge is 0.192 e. The summed E-state index contributed by atoms with van der Waals surface area (Å²) in [5.74, 6) is 0. The Balaban J connectivity index is 2.60. The predicted octanol–water partition coefficient (Wildman–Crippen LogP) is 4.60. The van der Waals surface area contributed by atoms with Gasteiger partial charge < -0.3 is 0 Å². The minimum atomic E-state index is 0.675. The molecule has 0 aromatic heterocycles. The summed E-state index contributed by atoms with van der Waals surface area (Å²) in [4.78, 5) is 0. The van der Waals surface area contributed by atoms with E-state index in [0.717, 1.165) is 15.6 Å². The number of benzene rings is 2. The van der Waals surface area contributed by atoms with E-state index in [0.29, 0.717) is 5.56 Å². The third-order valence-corrected chi connectivity index (χ3v) is 3.04. The number of hydrogen-bond donors (Lipinski definition) is 0. The summed E-state index contributed by atoms with van der Waals surface area (Å²) >= 11 is 3.44. The van der Waals surface area contributed by atoms with E-state index in [9.17, 15) is 0 Å². The Bertz CT molecular complexity index is 589. The molecule has 0 spiro atoms. The van der Waals surface area contributed by atoms with Gasteiger partial charge in [-0.25, -0.2) is 0 Å². The molecule has 0 atom stereocenters. The average molecular weight is 286 g/mol. The van der Waals surface area contributed by atoms with Crippen LogP contribution in [0.5, 0.6) is 0 Å². The molecule has 0 radical (unpaired) electrons. The maximum absolute atomic E-state index is 8.97. The maximum atomic E-state index is 8.97. The van der Waals surface area contributed by atoms with Gasteiger partial charge in [-0.15, -0.1) is 0 Å². The van der Waals surface area contributed by atoms with Gasteiger partial charge in [0, 0.05) is 4.47 Å². The molecular weight excluding hydrogens is 274 g/mol. The monoisotopic (exact) mass is 285 g/mol. The van der Waals surface area contributed by atoms with Gasteiger partial charge >= 0.3 is 0 Å². The fourth-order valence-electron chi connectivity index (χ4n) is 1.96. The first-order chi connectivity index (χ1) is 8.08. The molecule has 0 aliphatic heterocycles. The molecule has 1 nitrogen and oxygen atoms in total. The molecule has 2 rings (SSSR count). The number of nitriles is 1. The van der Waals surface area contributed by atoms with Gasteiger partial charge in [0.05, 0.1) is 11.6 Å². The predicted molar refractivity (Wildman–Crippen MR) is 73.8 cm³/mol. The van der Waals surface area contributed by atoms with Crippen molar-refractivity contribution in [2.45, 2.75) is 13.8 Å². The van der Waals surface area contributed by atoms with Crippen LogP contribution in [-0.4, -0.2) is 0 Å². The lowest BCUT2D eigenvalue weighted by molar-refractivity contribution is 1.38. The van der Waals surface area contributed by atoms with E-state index in [2.05, 4.69) is 54.0 Å². The van der Waals surface area contributed by atoms with E-state index in [1.54, 1.807) is 0 Å². The normalized spacial score (nSPS) is 10.0. The van der Waals surface area contributed by atoms with Crippen LogP contribution in [0.1, 0.15) is 16.7 Å². The minimum absolute atomic E-state index is 0.675. The molecule has 0 heterocycles. The molecule has 0 N–H and O–H groups in total. The van der Waals surface area contributed by atoms with Crippen LogP contribution in [0.4, 0.5) is 0 Å². The van der Waals surface area contributed by atoms with Gasteiger partial charge in [-0.1, -0.05) is 45.3 Å². The highest BCUT2D eigenvalue weighted by atomic mass is 79.9. The quantitative estimate of drug-likeness (QED) is 0.751. The lowest BCUT2D eigenvalue weighted by Crippen LogP contribution is -1.85. The Morgan fingerprint density at radius 1 is 0.882 bits per heavy atom. The highest BCUT2D eigenvalue weighted by molar-refractivity contribution is 9.10. The second kappa shape index (κ2) is 4.73. The van der Waals surface area contributed by atoms with Crippen molar-refractivity contribution in [2.24, 2.45) is 0 Å². The van der Waals surface area contributed by atoms with Crippen molar-refractivity contribution in [3.8, 4) is 17.2 Å². The van der Waals surface area contributed by atoms with Crippen molar-refractivity contribution < 1.29 is 0 Å². The Morgan fingerprint density at radius 3 is 2.06 bits per heavy atom. The lowest BCUT2D eigenvalue weighted by atomic mass is 9.99. The van der Waals surface area contributed by atoms with Gasteiger partial charge in [0.25, 0.3) is 0 Å². The second-order valence-corrected chi connectivity index (χ2v) is 5.13. The fraction of sp³-hybridized carbons (Fsp3) is 0.133. The van der Waals surface area contributed by atoms with Gasteiger partial charge in [-0.05, 0) is 43.2 Å². The zero-order valence-electron chi connectivity index (χ0n) is 9.79. The molecule has 0 unspecified atom stereocenters. The average Bonchev–Trinajstić information content (AvgIpc) is 2.26. The van der Waals surface area contributed by atoms with Crippen molar-refractivity contribution in [1.29, 1.82) is 5.26 Å². The van der Waals surface area contributed by atoms with Crippen molar-refractivity contribution in [3.05, 3.63) is 57.6 Å². The molecule has 0 aliphatic rings. The summed E-state index contributed by atoms with van der Waals surface area (Å²) in [6, 6.07) is 14.4. The molecule has 0 aliphatic carbocycles. The summed E-state index contributed by atoms with van der Waals surface area (Å²) < 4.78 is 0.936. The molecule has 2 aromatic rings. The number of hydrogen-bond acceptors (Lipinski definition) is 1. The molecule has 84 valence electrons. The molecule has 0 fully saturated rings. The first-order valence-electron chi connectivity index (χ1n) is 5.38. The van der Waals surface area contributed by atoms with Crippen molar-refractivity contribution >= 4 is 15.9 Å². The van der Waals surface area contributed by atoms with Crippen molar-refractivity contribution in [3.63, 3.8) is 0 Å². The lowest BCUT2D eigenvalue weighted by Gasteiger charge is -2.06. The molecule has 2 heteroatoms. The second-order valence-electron chi connectivity index (χ2n) is 4.22. The van der Waals surface area contributed by atoms with Crippen LogP contribution in [0.25, 0.3) is 11.1 Å². The smallest absolute Gasteiger partial charge is 0.0992 e. The summed E-state index contributed by atoms with van der Waals surface area (Å²) in [6.45, 7) is 4.17. The molecule has 0 saturated heterocycles. The summed E-state index contributed by atoms with van der Waals surface area (Å²) in [5.41, 5.74) is 5.37. The summed E-state index contributed by atoms with van der Waals surface area (Å²) in [6.07, 6.45) is 0. The molecular formula is C15H12BrN. The van der Waals surface area contributed by atoms with Crippen LogP contribution < -0.4 is 0 Å². The zero-order chi connectivity index (χ0) is 12.4. The van der Waals surface area contributed by atoms with E-state index in [1.807, 2.05) is 18.2 Å². The summed E-state index contributed by atoms with van der Waals surface area (Å²) in [7, 11) is 0. The number of nitrogens with zero attached hydrogens (tertiary/aromatic N) is 1. The van der Waals surface area contributed by atoms with E-state index in [-0.39, 0.29) is 0 Å². The van der Waals surface area contributed by atoms with Gasteiger partial charge in [-0.3, -0.25) is 0 Å². The van der Waals surface area contributed by atoms with E-state index >= 15 is 0 Å². The van der Waals surface area contributed by atoms with Crippen molar-refractivity contribution in [1.82, 2.24) is 0 Å². The van der Waals surface area contributed by atoms with E-state index < -0.39 is 0 Å². The Hall–Kier alpha value is -1.59.